The van der Waals surface area contributed by atoms with Crippen LogP contribution in [0.2, 0.25) is 5.02 Å². The Bertz CT molecular complexity index is 924. The number of nitrogens with one attached hydrogen (secondary N) is 1. The summed E-state index contributed by atoms with van der Waals surface area (Å²) in [5.41, 5.74) is 2.05. The Hall–Kier alpha value is -1.54. The molecule has 0 spiro atoms. The SMILES string of the molecule is CSCc1ccc(C(=O)Nc2ccc(Cl)c(S(=O)(=O)N3CCCC3)c2)cc1. The summed E-state index contributed by atoms with van der Waals surface area (Å²) in [5.74, 6) is 0.592. The zero-order valence-electron chi connectivity index (χ0n) is 14.9. The molecule has 0 aromatic heterocycles. The Labute approximate surface area is 169 Å². The van der Waals surface area contributed by atoms with Crippen molar-refractivity contribution >= 4 is 45.0 Å². The molecule has 1 saturated heterocycles. The fourth-order valence-electron chi connectivity index (χ4n) is 2.97. The van der Waals surface area contributed by atoms with Gasteiger partial charge in [-0.2, -0.15) is 16.1 Å². The summed E-state index contributed by atoms with van der Waals surface area (Å²) < 4.78 is 27.0. The smallest absolute Gasteiger partial charge is 0.255 e. The fourth-order valence-corrected chi connectivity index (χ4v) is 5.51. The van der Waals surface area contributed by atoms with Crippen LogP contribution in [0.4, 0.5) is 5.69 Å². The van der Waals surface area contributed by atoms with Crippen molar-refractivity contribution in [2.45, 2.75) is 23.5 Å². The van der Waals surface area contributed by atoms with Crippen molar-refractivity contribution in [3.63, 3.8) is 0 Å². The van der Waals surface area contributed by atoms with Crippen LogP contribution in [0.15, 0.2) is 47.4 Å². The Kier molecular flexibility index (Phi) is 6.47. The number of thioether (sulfide) groups is 1. The molecule has 5 nitrogen and oxygen atoms in total. The maximum absolute atomic E-state index is 12.8. The summed E-state index contributed by atoms with van der Waals surface area (Å²) in [4.78, 5) is 12.5. The van der Waals surface area contributed by atoms with E-state index >= 15 is 0 Å². The molecule has 0 bridgehead atoms. The van der Waals surface area contributed by atoms with Crippen LogP contribution in [0.25, 0.3) is 0 Å². The number of carbonyl (C=O) groups is 1. The predicted octanol–water partition coefficient (Wildman–Crippen LogP) is 4.24. The summed E-state index contributed by atoms with van der Waals surface area (Å²) in [6, 6.07) is 11.9. The van der Waals surface area contributed by atoms with Crippen molar-refractivity contribution in [3.8, 4) is 0 Å². The first-order valence-corrected chi connectivity index (χ1v) is 11.8. The monoisotopic (exact) mass is 424 g/mol. The van der Waals surface area contributed by atoms with Crippen molar-refractivity contribution in [2.75, 3.05) is 24.7 Å². The molecule has 2 aromatic rings. The van der Waals surface area contributed by atoms with Gasteiger partial charge in [0, 0.05) is 30.1 Å². The number of hydrogen-bond donors (Lipinski definition) is 1. The van der Waals surface area contributed by atoms with E-state index in [1.54, 1.807) is 30.0 Å². The molecule has 0 unspecified atom stereocenters. The van der Waals surface area contributed by atoms with Crippen molar-refractivity contribution in [2.24, 2.45) is 0 Å². The van der Waals surface area contributed by atoms with Gasteiger partial charge in [-0.25, -0.2) is 8.42 Å². The second-order valence-corrected chi connectivity index (χ2v) is 9.52. The van der Waals surface area contributed by atoms with Crippen LogP contribution in [-0.2, 0) is 15.8 Å². The first kappa shape index (κ1) is 20.2. The van der Waals surface area contributed by atoms with Crippen LogP contribution in [0.1, 0.15) is 28.8 Å². The van der Waals surface area contributed by atoms with E-state index in [0.29, 0.717) is 24.3 Å². The number of carbonyl (C=O) groups excluding carboxylic acids is 1. The van der Waals surface area contributed by atoms with E-state index in [-0.39, 0.29) is 15.8 Å². The standard InChI is InChI=1S/C19H21ClN2O3S2/c1-26-13-14-4-6-15(7-5-14)19(23)21-16-8-9-17(20)18(12-16)27(24,25)22-10-2-3-11-22/h4-9,12H,2-3,10-11,13H2,1H3,(H,21,23). The Morgan fingerprint density at radius 3 is 2.44 bits per heavy atom. The Morgan fingerprint density at radius 2 is 1.81 bits per heavy atom. The summed E-state index contributed by atoms with van der Waals surface area (Å²) >= 11 is 7.85. The predicted molar refractivity (Wildman–Crippen MR) is 111 cm³/mol. The third kappa shape index (κ3) is 4.66. The van der Waals surface area contributed by atoms with Gasteiger partial charge in [0.25, 0.3) is 5.91 Å². The zero-order chi connectivity index (χ0) is 19.4. The molecule has 2 aromatic carbocycles. The van der Waals surface area contributed by atoms with E-state index in [1.807, 2.05) is 18.4 Å². The van der Waals surface area contributed by atoms with Crippen LogP contribution < -0.4 is 5.32 Å². The summed E-state index contributed by atoms with van der Waals surface area (Å²) in [5, 5.41) is 2.91. The summed E-state index contributed by atoms with van der Waals surface area (Å²) in [7, 11) is -3.66. The van der Waals surface area contributed by atoms with Gasteiger partial charge in [0.2, 0.25) is 10.0 Å². The van der Waals surface area contributed by atoms with E-state index < -0.39 is 10.0 Å². The minimum Gasteiger partial charge on any atom is -0.322 e. The van der Waals surface area contributed by atoms with Gasteiger partial charge in [-0.15, -0.1) is 0 Å². The highest BCUT2D eigenvalue weighted by Crippen LogP contribution is 2.29. The van der Waals surface area contributed by atoms with Crippen LogP contribution >= 0.6 is 23.4 Å². The van der Waals surface area contributed by atoms with E-state index in [9.17, 15) is 13.2 Å². The van der Waals surface area contributed by atoms with Crippen molar-refractivity contribution in [1.29, 1.82) is 0 Å². The second-order valence-electron chi connectivity index (χ2n) is 6.34. The Balaban J connectivity index is 1.80. The number of hydrogen-bond acceptors (Lipinski definition) is 4. The van der Waals surface area contributed by atoms with Gasteiger partial charge in [0.15, 0.2) is 0 Å². The molecule has 27 heavy (non-hydrogen) atoms. The molecule has 0 atom stereocenters. The highest BCUT2D eigenvalue weighted by molar-refractivity contribution is 7.97. The van der Waals surface area contributed by atoms with Gasteiger partial charge >= 0.3 is 0 Å². The van der Waals surface area contributed by atoms with Gasteiger partial charge in [0.05, 0.1) is 5.02 Å². The largest absolute Gasteiger partial charge is 0.322 e. The van der Waals surface area contributed by atoms with Gasteiger partial charge in [-0.1, -0.05) is 23.7 Å². The molecule has 3 rings (SSSR count). The van der Waals surface area contributed by atoms with Gasteiger partial charge in [-0.05, 0) is 55.0 Å². The van der Waals surface area contributed by atoms with E-state index in [2.05, 4.69) is 5.32 Å². The minimum absolute atomic E-state index is 0.0270. The number of benzene rings is 2. The van der Waals surface area contributed by atoms with E-state index in [1.165, 1.54) is 16.4 Å². The molecule has 144 valence electrons. The molecule has 8 heteroatoms. The number of halogens is 1. The lowest BCUT2D eigenvalue weighted by molar-refractivity contribution is 0.102. The molecule has 1 aliphatic heterocycles. The number of sulfonamides is 1. The second kappa shape index (κ2) is 8.65. The molecular weight excluding hydrogens is 404 g/mol. The molecule has 1 fully saturated rings. The number of rotatable bonds is 6. The molecule has 0 aliphatic carbocycles. The highest BCUT2D eigenvalue weighted by Gasteiger charge is 2.29. The number of nitrogens with zero attached hydrogens (tertiary/aromatic N) is 1. The average Bonchev–Trinajstić information content (AvgIpc) is 3.19. The van der Waals surface area contributed by atoms with Gasteiger partial charge < -0.3 is 5.32 Å². The van der Waals surface area contributed by atoms with Gasteiger partial charge in [0.1, 0.15) is 4.90 Å². The summed E-state index contributed by atoms with van der Waals surface area (Å²) in [6.07, 6.45) is 3.72. The molecule has 0 saturated carbocycles. The van der Waals surface area contributed by atoms with Crippen LogP contribution in [-0.4, -0.2) is 38.0 Å². The van der Waals surface area contributed by atoms with Crippen LogP contribution in [0.5, 0.6) is 0 Å². The van der Waals surface area contributed by atoms with Crippen molar-refractivity contribution in [1.82, 2.24) is 4.31 Å². The molecular formula is C19H21ClN2O3S2. The number of amides is 1. The maximum atomic E-state index is 12.8. The normalized spacial score (nSPS) is 15.0. The maximum Gasteiger partial charge on any atom is 0.255 e. The lowest BCUT2D eigenvalue weighted by Crippen LogP contribution is -2.28. The molecule has 1 heterocycles. The molecule has 1 N–H and O–H groups in total. The van der Waals surface area contributed by atoms with E-state index in [0.717, 1.165) is 24.2 Å². The lowest BCUT2D eigenvalue weighted by atomic mass is 10.1. The fraction of sp³-hybridized carbons (Fsp3) is 0.316. The first-order valence-electron chi connectivity index (χ1n) is 8.61. The molecule has 0 radical (unpaired) electrons. The lowest BCUT2D eigenvalue weighted by Gasteiger charge is -2.17. The van der Waals surface area contributed by atoms with Crippen LogP contribution in [0, 0.1) is 0 Å². The zero-order valence-corrected chi connectivity index (χ0v) is 17.3. The minimum atomic E-state index is -3.66. The highest BCUT2D eigenvalue weighted by atomic mass is 35.5. The summed E-state index contributed by atoms with van der Waals surface area (Å²) in [6.45, 7) is 0.995. The molecule has 1 aliphatic rings. The first-order chi connectivity index (χ1) is 12.9. The van der Waals surface area contributed by atoms with Gasteiger partial charge in [-0.3, -0.25) is 4.79 Å². The number of anilines is 1. The Morgan fingerprint density at radius 1 is 1.15 bits per heavy atom. The van der Waals surface area contributed by atoms with Crippen LogP contribution in [0.3, 0.4) is 0 Å². The third-order valence-electron chi connectivity index (χ3n) is 4.40. The van der Waals surface area contributed by atoms with Crippen molar-refractivity contribution < 1.29 is 13.2 Å². The topological polar surface area (TPSA) is 66.5 Å². The van der Waals surface area contributed by atoms with E-state index in [4.69, 9.17) is 11.6 Å². The molecule has 1 amide bonds. The van der Waals surface area contributed by atoms with Crippen molar-refractivity contribution in [3.05, 3.63) is 58.6 Å². The average molecular weight is 425 g/mol. The quantitative estimate of drug-likeness (QED) is 0.753. The third-order valence-corrected chi connectivity index (χ3v) is 7.40.